The molecule has 2 aromatic carbocycles. The van der Waals surface area contributed by atoms with Gasteiger partial charge in [-0.1, -0.05) is 72.7 Å². The van der Waals surface area contributed by atoms with E-state index in [1.165, 1.54) is 36.2 Å². The molecule has 0 atom stereocenters. The standard InChI is InChI=1S/C23H25N3OS3/c1-25(19-10-6-3-7-11-19)21(27)18-12-14-20(15-13-18)26-23(28)30-22(24-26)29-16-17-8-4-2-5-9-17/h2,4-5,8-9,12-15,19H,3,6-7,10-11,16H2,1H3. The second kappa shape index (κ2) is 9.90. The number of rotatable bonds is 6. The normalized spacial score (nSPS) is 14.6. The monoisotopic (exact) mass is 455 g/mol. The highest BCUT2D eigenvalue weighted by Crippen LogP contribution is 2.27. The molecule has 1 aliphatic carbocycles. The molecule has 1 fully saturated rings. The molecule has 1 aromatic heterocycles. The van der Waals surface area contributed by atoms with Gasteiger partial charge in [-0.2, -0.15) is 0 Å². The van der Waals surface area contributed by atoms with Crippen LogP contribution in [-0.2, 0) is 5.75 Å². The van der Waals surface area contributed by atoms with Crippen LogP contribution in [-0.4, -0.2) is 33.7 Å². The van der Waals surface area contributed by atoms with Crippen molar-refractivity contribution in [3.8, 4) is 5.69 Å². The van der Waals surface area contributed by atoms with Crippen molar-refractivity contribution in [2.75, 3.05) is 7.05 Å². The first-order valence-corrected chi connectivity index (χ1v) is 12.5. The third kappa shape index (κ3) is 5.02. The van der Waals surface area contributed by atoms with Crippen molar-refractivity contribution < 1.29 is 4.79 Å². The maximum Gasteiger partial charge on any atom is 0.253 e. The van der Waals surface area contributed by atoms with E-state index in [0.29, 0.717) is 15.6 Å². The Bertz CT molecular complexity index is 1040. The van der Waals surface area contributed by atoms with Crippen molar-refractivity contribution in [2.45, 2.75) is 48.2 Å². The number of thioether (sulfide) groups is 1. The van der Waals surface area contributed by atoms with Gasteiger partial charge in [0.1, 0.15) is 0 Å². The lowest BCUT2D eigenvalue weighted by molar-refractivity contribution is 0.0696. The molecule has 1 heterocycles. The van der Waals surface area contributed by atoms with Crippen molar-refractivity contribution in [1.82, 2.24) is 14.7 Å². The van der Waals surface area contributed by atoms with Crippen LogP contribution in [0.4, 0.5) is 0 Å². The third-order valence-corrected chi connectivity index (χ3v) is 7.97. The molecule has 30 heavy (non-hydrogen) atoms. The zero-order valence-electron chi connectivity index (χ0n) is 17.0. The lowest BCUT2D eigenvalue weighted by Crippen LogP contribution is -2.38. The number of aromatic nitrogens is 2. The second-order valence-corrected chi connectivity index (χ2v) is 10.4. The number of hydrogen-bond acceptors (Lipinski definition) is 5. The van der Waals surface area contributed by atoms with Crippen LogP contribution < -0.4 is 0 Å². The molecule has 0 aliphatic heterocycles. The average molecular weight is 456 g/mol. The van der Waals surface area contributed by atoms with E-state index >= 15 is 0 Å². The van der Waals surface area contributed by atoms with Crippen LogP contribution >= 0.6 is 35.3 Å². The summed E-state index contributed by atoms with van der Waals surface area (Å²) in [6, 6.07) is 18.3. The third-order valence-electron chi connectivity index (χ3n) is 5.54. The number of hydrogen-bond donors (Lipinski definition) is 0. The molecule has 7 heteroatoms. The van der Waals surface area contributed by atoms with Crippen molar-refractivity contribution in [3.05, 3.63) is 69.7 Å². The minimum atomic E-state index is 0.0921. The fraction of sp³-hybridized carbons (Fsp3) is 0.348. The van der Waals surface area contributed by atoms with Crippen LogP contribution in [0, 0.1) is 3.95 Å². The molecular formula is C23H25N3OS3. The zero-order chi connectivity index (χ0) is 20.9. The van der Waals surface area contributed by atoms with E-state index in [2.05, 4.69) is 17.2 Å². The van der Waals surface area contributed by atoms with Gasteiger partial charge in [0.25, 0.3) is 5.91 Å². The molecule has 0 N–H and O–H groups in total. The SMILES string of the molecule is CN(C(=O)c1ccc(-n2nc(SCc3ccccc3)sc2=S)cc1)C1CCCCC1. The van der Waals surface area contributed by atoms with Crippen LogP contribution in [0.15, 0.2) is 58.9 Å². The highest BCUT2D eigenvalue weighted by atomic mass is 32.2. The molecule has 0 unspecified atom stereocenters. The van der Waals surface area contributed by atoms with Crippen molar-refractivity contribution in [1.29, 1.82) is 0 Å². The molecule has 0 spiro atoms. The molecule has 3 aromatic rings. The topological polar surface area (TPSA) is 38.1 Å². The first-order valence-electron chi connectivity index (χ1n) is 10.3. The Morgan fingerprint density at radius 3 is 2.53 bits per heavy atom. The summed E-state index contributed by atoms with van der Waals surface area (Å²) in [7, 11) is 1.93. The molecule has 0 bridgehead atoms. The van der Waals surface area contributed by atoms with Crippen molar-refractivity contribution in [3.63, 3.8) is 0 Å². The van der Waals surface area contributed by atoms with Gasteiger partial charge in [-0.25, -0.2) is 4.68 Å². The van der Waals surface area contributed by atoms with E-state index in [0.717, 1.165) is 28.6 Å². The van der Waals surface area contributed by atoms with E-state index in [1.54, 1.807) is 16.4 Å². The van der Waals surface area contributed by atoms with Gasteiger partial charge < -0.3 is 4.90 Å². The highest BCUT2D eigenvalue weighted by Gasteiger charge is 2.23. The van der Waals surface area contributed by atoms with Crippen LogP contribution in [0.5, 0.6) is 0 Å². The van der Waals surface area contributed by atoms with E-state index in [9.17, 15) is 4.79 Å². The first kappa shape index (κ1) is 21.3. The summed E-state index contributed by atoms with van der Waals surface area (Å²) in [5.74, 6) is 0.957. The fourth-order valence-corrected chi connectivity index (χ4v) is 6.10. The van der Waals surface area contributed by atoms with Crippen molar-refractivity contribution >= 4 is 41.2 Å². The van der Waals surface area contributed by atoms with Crippen molar-refractivity contribution in [2.24, 2.45) is 0 Å². The quantitative estimate of drug-likeness (QED) is 0.320. The summed E-state index contributed by atoms with van der Waals surface area (Å²) in [5.41, 5.74) is 2.87. The molecule has 1 aliphatic rings. The van der Waals surface area contributed by atoms with Gasteiger partial charge in [0.05, 0.1) is 5.69 Å². The summed E-state index contributed by atoms with van der Waals surface area (Å²) in [5, 5.41) is 4.68. The fourth-order valence-electron chi connectivity index (χ4n) is 3.78. The minimum absolute atomic E-state index is 0.0921. The summed E-state index contributed by atoms with van der Waals surface area (Å²) >= 11 is 8.73. The highest BCUT2D eigenvalue weighted by molar-refractivity contribution is 8.00. The molecule has 4 rings (SSSR count). The van der Waals surface area contributed by atoms with Gasteiger partial charge >= 0.3 is 0 Å². The van der Waals surface area contributed by atoms with Crippen LogP contribution in [0.1, 0.15) is 48.0 Å². The summed E-state index contributed by atoms with van der Waals surface area (Å²) in [6.45, 7) is 0. The average Bonchev–Trinajstić information content (AvgIpc) is 3.18. The van der Waals surface area contributed by atoms with Gasteiger partial charge in [0.15, 0.2) is 8.29 Å². The maximum atomic E-state index is 12.9. The number of nitrogens with zero attached hydrogens (tertiary/aromatic N) is 3. The Morgan fingerprint density at radius 2 is 1.83 bits per heavy atom. The number of amides is 1. The molecule has 1 saturated carbocycles. The van der Waals surface area contributed by atoms with Crippen LogP contribution in [0.3, 0.4) is 0 Å². The van der Waals surface area contributed by atoms with Gasteiger partial charge in [-0.15, -0.1) is 5.10 Å². The van der Waals surface area contributed by atoms with Crippen LogP contribution in [0.2, 0.25) is 0 Å². The lowest BCUT2D eigenvalue weighted by atomic mass is 9.94. The number of benzene rings is 2. The number of carbonyl (C=O) groups excluding carboxylic acids is 1. The van der Waals surface area contributed by atoms with Gasteiger partial charge in [-0.3, -0.25) is 4.79 Å². The minimum Gasteiger partial charge on any atom is -0.339 e. The molecule has 0 radical (unpaired) electrons. The Labute approximate surface area is 190 Å². The summed E-state index contributed by atoms with van der Waals surface area (Å²) in [6.07, 6.45) is 5.93. The second-order valence-electron chi connectivity index (χ2n) is 7.57. The molecule has 4 nitrogen and oxygen atoms in total. The van der Waals surface area contributed by atoms with Crippen LogP contribution in [0.25, 0.3) is 5.69 Å². The van der Waals surface area contributed by atoms with E-state index < -0.39 is 0 Å². The van der Waals surface area contributed by atoms with Gasteiger partial charge in [0, 0.05) is 24.4 Å². The maximum absolute atomic E-state index is 12.9. The smallest absolute Gasteiger partial charge is 0.253 e. The van der Waals surface area contributed by atoms with E-state index in [1.807, 2.05) is 54.4 Å². The van der Waals surface area contributed by atoms with Gasteiger partial charge in [-0.05, 0) is 54.9 Å². The largest absolute Gasteiger partial charge is 0.339 e. The predicted molar refractivity (Wildman–Crippen MR) is 127 cm³/mol. The summed E-state index contributed by atoms with van der Waals surface area (Å²) in [4.78, 5) is 14.8. The Kier molecular flexibility index (Phi) is 7.02. The first-order chi connectivity index (χ1) is 14.6. The van der Waals surface area contributed by atoms with E-state index in [-0.39, 0.29) is 5.91 Å². The number of carbonyl (C=O) groups is 1. The zero-order valence-corrected chi connectivity index (χ0v) is 19.4. The molecule has 156 valence electrons. The predicted octanol–water partition coefficient (Wildman–Crippen LogP) is 6.36. The molecular weight excluding hydrogens is 430 g/mol. The lowest BCUT2D eigenvalue weighted by Gasteiger charge is -2.31. The molecule has 0 saturated heterocycles. The Morgan fingerprint density at radius 1 is 1.13 bits per heavy atom. The van der Waals surface area contributed by atoms with E-state index in [4.69, 9.17) is 12.2 Å². The Balaban J connectivity index is 1.44. The summed E-state index contributed by atoms with van der Waals surface area (Å²) < 4.78 is 3.44. The Hall–Kier alpha value is -1.96. The molecule has 1 amide bonds. The van der Waals surface area contributed by atoms with Gasteiger partial charge in [0.2, 0.25) is 0 Å².